The molecular weight excluding hydrogens is 398 g/mol. The maximum absolute atomic E-state index is 12.3. The fourth-order valence-corrected chi connectivity index (χ4v) is 4.40. The van der Waals surface area contributed by atoms with Gasteiger partial charge in [-0.1, -0.05) is 53.6 Å². The molecule has 1 N–H and O–H groups in total. The Morgan fingerprint density at radius 3 is 2.39 bits per heavy atom. The molecule has 0 aliphatic rings. The molecule has 0 unspecified atom stereocenters. The van der Waals surface area contributed by atoms with Crippen LogP contribution < -0.4 is 5.32 Å². The molecule has 3 rings (SSSR count). The number of aryl methyl sites for hydroxylation is 1. The van der Waals surface area contributed by atoms with E-state index in [2.05, 4.69) is 15.5 Å². The monoisotopic (exact) mass is 417 g/mol. The number of nitrogens with one attached hydrogen (secondary N) is 1. The van der Waals surface area contributed by atoms with Gasteiger partial charge in [0.05, 0.1) is 16.4 Å². The zero-order chi connectivity index (χ0) is 19.8. The summed E-state index contributed by atoms with van der Waals surface area (Å²) in [5.41, 5.74) is 1.14. The number of carbonyl (C=O) groups is 1. The fourth-order valence-electron chi connectivity index (χ4n) is 2.36. The molecule has 0 radical (unpaired) electrons. The second-order valence-electron chi connectivity index (χ2n) is 5.91. The average molecular weight is 418 g/mol. The summed E-state index contributed by atoms with van der Waals surface area (Å²) < 4.78 is 29.8. The molecule has 9 heteroatoms. The van der Waals surface area contributed by atoms with Crippen molar-refractivity contribution in [2.75, 3.05) is 16.8 Å². The van der Waals surface area contributed by atoms with Gasteiger partial charge in [-0.15, -0.1) is 16.9 Å². The predicted octanol–water partition coefficient (Wildman–Crippen LogP) is 2.96. The number of nitrogens with zero attached hydrogens (tertiary/aromatic N) is 2. The average Bonchev–Trinajstić information content (AvgIpc) is 3.15. The third-order valence-electron chi connectivity index (χ3n) is 3.74. The standard InChI is InChI=1S/C19H19N3O4S2/c23-17(14-27-13-15-7-3-1-4-8-15)20-19-22-21-18(26-19)11-12-28(24,25)16-9-5-2-6-10-16/h1-10H,11-14H2,(H,20,22,23). The normalized spacial score (nSPS) is 11.3. The van der Waals surface area contributed by atoms with Gasteiger partial charge in [0.25, 0.3) is 0 Å². The van der Waals surface area contributed by atoms with Crippen LogP contribution in [-0.2, 0) is 26.8 Å². The first-order valence-corrected chi connectivity index (χ1v) is 11.4. The number of sulfone groups is 1. The lowest BCUT2D eigenvalue weighted by Gasteiger charge is -2.02. The maximum Gasteiger partial charge on any atom is 0.322 e. The van der Waals surface area contributed by atoms with Crippen molar-refractivity contribution < 1.29 is 17.6 Å². The molecule has 0 spiro atoms. The molecule has 0 fully saturated rings. The van der Waals surface area contributed by atoms with Crippen molar-refractivity contribution in [3.63, 3.8) is 0 Å². The number of thioether (sulfide) groups is 1. The van der Waals surface area contributed by atoms with E-state index in [1.54, 1.807) is 30.3 Å². The van der Waals surface area contributed by atoms with Crippen LogP contribution in [0.1, 0.15) is 11.5 Å². The molecule has 28 heavy (non-hydrogen) atoms. The molecular formula is C19H19N3O4S2. The Bertz CT molecular complexity index is 1010. The Morgan fingerprint density at radius 2 is 1.68 bits per heavy atom. The maximum atomic E-state index is 12.3. The minimum Gasteiger partial charge on any atom is -0.408 e. The molecule has 146 valence electrons. The Morgan fingerprint density at radius 1 is 1.00 bits per heavy atom. The number of anilines is 1. The van der Waals surface area contributed by atoms with E-state index >= 15 is 0 Å². The van der Waals surface area contributed by atoms with E-state index in [0.29, 0.717) is 0 Å². The Hall–Kier alpha value is -2.65. The number of aromatic nitrogens is 2. The van der Waals surface area contributed by atoms with E-state index in [9.17, 15) is 13.2 Å². The topological polar surface area (TPSA) is 102 Å². The highest BCUT2D eigenvalue weighted by molar-refractivity contribution is 7.99. The lowest BCUT2D eigenvalue weighted by molar-refractivity contribution is -0.113. The molecule has 3 aromatic rings. The van der Waals surface area contributed by atoms with Gasteiger partial charge in [0.1, 0.15) is 0 Å². The lowest BCUT2D eigenvalue weighted by atomic mass is 10.2. The van der Waals surface area contributed by atoms with Crippen LogP contribution in [0.2, 0.25) is 0 Å². The van der Waals surface area contributed by atoms with Gasteiger partial charge in [-0.25, -0.2) is 8.42 Å². The number of rotatable bonds is 9. The van der Waals surface area contributed by atoms with Gasteiger partial charge in [0.2, 0.25) is 11.8 Å². The summed E-state index contributed by atoms with van der Waals surface area (Å²) in [7, 11) is -3.43. The van der Waals surface area contributed by atoms with E-state index in [4.69, 9.17) is 4.42 Å². The Labute approximate surface area is 167 Å². The van der Waals surface area contributed by atoms with Crippen molar-refractivity contribution in [2.45, 2.75) is 17.1 Å². The zero-order valence-corrected chi connectivity index (χ0v) is 16.6. The summed E-state index contributed by atoms with van der Waals surface area (Å²) in [5, 5.41) is 10.1. The molecule has 0 saturated carbocycles. The van der Waals surface area contributed by atoms with Gasteiger partial charge in [0.15, 0.2) is 9.84 Å². The first-order chi connectivity index (χ1) is 13.5. The summed E-state index contributed by atoms with van der Waals surface area (Å²) in [6, 6.07) is 18.0. The van der Waals surface area contributed by atoms with Gasteiger partial charge >= 0.3 is 6.01 Å². The van der Waals surface area contributed by atoms with Crippen LogP contribution in [0.5, 0.6) is 0 Å². The Kier molecular flexibility index (Phi) is 6.83. The number of benzene rings is 2. The van der Waals surface area contributed by atoms with E-state index in [1.807, 2.05) is 30.3 Å². The molecule has 1 amide bonds. The van der Waals surface area contributed by atoms with Gasteiger partial charge < -0.3 is 4.42 Å². The summed E-state index contributed by atoms with van der Waals surface area (Å²) in [6.07, 6.45) is 0.0723. The van der Waals surface area contributed by atoms with Gasteiger partial charge in [0, 0.05) is 12.2 Å². The van der Waals surface area contributed by atoms with E-state index < -0.39 is 9.84 Å². The number of hydrogen-bond donors (Lipinski definition) is 1. The number of amides is 1. The lowest BCUT2D eigenvalue weighted by Crippen LogP contribution is -2.14. The summed E-state index contributed by atoms with van der Waals surface area (Å²) in [6.45, 7) is 0. The minimum atomic E-state index is -3.43. The van der Waals surface area contributed by atoms with Crippen molar-refractivity contribution in [3.05, 3.63) is 72.1 Å². The highest BCUT2D eigenvalue weighted by Gasteiger charge is 2.17. The number of hydrogen-bond acceptors (Lipinski definition) is 7. The second-order valence-corrected chi connectivity index (χ2v) is 9.00. The molecule has 1 aromatic heterocycles. The van der Waals surface area contributed by atoms with Crippen LogP contribution in [0.4, 0.5) is 6.01 Å². The van der Waals surface area contributed by atoms with Crippen molar-refractivity contribution in [2.24, 2.45) is 0 Å². The van der Waals surface area contributed by atoms with Gasteiger partial charge in [-0.2, -0.15) is 0 Å². The van der Waals surface area contributed by atoms with E-state index in [0.717, 1.165) is 11.3 Å². The van der Waals surface area contributed by atoms with Crippen LogP contribution in [0.15, 0.2) is 70.0 Å². The van der Waals surface area contributed by atoms with Crippen LogP contribution in [0.3, 0.4) is 0 Å². The van der Waals surface area contributed by atoms with Crippen LogP contribution >= 0.6 is 11.8 Å². The second kappa shape index (κ2) is 9.52. The Balaban J connectivity index is 1.45. The zero-order valence-electron chi connectivity index (χ0n) is 14.9. The largest absolute Gasteiger partial charge is 0.408 e. The molecule has 2 aromatic carbocycles. The van der Waals surface area contributed by atoms with Gasteiger partial charge in [-0.05, 0) is 17.7 Å². The van der Waals surface area contributed by atoms with Crippen LogP contribution in [-0.4, -0.2) is 36.0 Å². The summed E-state index contributed by atoms with van der Waals surface area (Å²) in [5.74, 6) is 0.717. The molecule has 0 atom stereocenters. The number of carbonyl (C=O) groups excluding carboxylic acids is 1. The van der Waals surface area contributed by atoms with Crippen molar-refractivity contribution in [3.8, 4) is 0 Å². The first-order valence-electron chi connectivity index (χ1n) is 8.55. The molecule has 0 aliphatic carbocycles. The third kappa shape index (κ3) is 5.93. The molecule has 0 bridgehead atoms. The van der Waals surface area contributed by atoms with Crippen LogP contribution in [0, 0.1) is 0 Å². The summed E-state index contributed by atoms with van der Waals surface area (Å²) in [4.78, 5) is 12.2. The first kappa shape index (κ1) is 20.1. The van der Waals surface area contributed by atoms with Crippen LogP contribution in [0.25, 0.3) is 0 Å². The summed E-state index contributed by atoms with van der Waals surface area (Å²) >= 11 is 1.47. The molecule has 7 nitrogen and oxygen atoms in total. The molecule has 0 saturated heterocycles. The van der Waals surface area contributed by atoms with Crippen molar-refractivity contribution in [1.82, 2.24) is 10.2 Å². The van der Waals surface area contributed by atoms with Gasteiger partial charge in [-0.3, -0.25) is 10.1 Å². The predicted molar refractivity (Wildman–Crippen MR) is 108 cm³/mol. The minimum absolute atomic E-state index is 0.0302. The van der Waals surface area contributed by atoms with E-state index in [-0.39, 0.29) is 40.6 Å². The molecule has 1 heterocycles. The SMILES string of the molecule is O=C(CSCc1ccccc1)Nc1nnc(CCS(=O)(=O)c2ccccc2)o1. The quantitative estimate of drug-likeness (QED) is 0.571. The highest BCUT2D eigenvalue weighted by Crippen LogP contribution is 2.15. The third-order valence-corrected chi connectivity index (χ3v) is 6.48. The van der Waals surface area contributed by atoms with Crippen molar-refractivity contribution >= 4 is 33.5 Å². The van der Waals surface area contributed by atoms with Crippen molar-refractivity contribution in [1.29, 1.82) is 0 Å². The fraction of sp³-hybridized carbons (Fsp3) is 0.211. The highest BCUT2D eigenvalue weighted by atomic mass is 32.2. The van der Waals surface area contributed by atoms with E-state index in [1.165, 1.54) is 11.8 Å². The molecule has 0 aliphatic heterocycles. The smallest absolute Gasteiger partial charge is 0.322 e.